The van der Waals surface area contributed by atoms with Gasteiger partial charge >= 0.3 is 12.2 Å². The molecule has 0 saturated heterocycles. The number of hydrogen-bond donors (Lipinski definition) is 2. The van der Waals surface area contributed by atoms with E-state index < -0.39 is 12.2 Å². The lowest BCUT2D eigenvalue weighted by Crippen LogP contribution is -2.24. The van der Waals surface area contributed by atoms with E-state index >= 15 is 0 Å². The van der Waals surface area contributed by atoms with Gasteiger partial charge in [0.1, 0.15) is 0 Å². The molecular formula is C20H26N2O6. The highest BCUT2D eigenvalue weighted by molar-refractivity contribution is 6.01. The summed E-state index contributed by atoms with van der Waals surface area (Å²) < 4.78 is 22.6. The smallest absolute Gasteiger partial charge is 0.412 e. The van der Waals surface area contributed by atoms with Crippen LogP contribution in [0.15, 0.2) is 12.1 Å². The number of amides is 2. The van der Waals surface area contributed by atoms with Gasteiger partial charge in [-0.1, -0.05) is 0 Å². The van der Waals surface area contributed by atoms with Gasteiger partial charge in [0.15, 0.2) is 11.5 Å². The van der Waals surface area contributed by atoms with Crippen molar-refractivity contribution in [2.75, 3.05) is 27.3 Å². The van der Waals surface area contributed by atoms with Crippen LogP contribution in [-0.4, -0.2) is 39.5 Å². The lowest BCUT2D eigenvalue weighted by atomic mass is 10.00. The molecule has 0 atom stereocenters. The van der Waals surface area contributed by atoms with E-state index in [1.807, 2.05) is 26.0 Å². The highest BCUT2D eigenvalue weighted by Gasteiger charge is 2.27. The van der Waals surface area contributed by atoms with Crippen LogP contribution in [0.5, 0.6) is 23.0 Å². The molecule has 0 aliphatic heterocycles. The molecular weight excluding hydrogens is 364 g/mol. The van der Waals surface area contributed by atoms with Crippen LogP contribution in [0.1, 0.15) is 25.0 Å². The number of aryl methyl sites for hydroxylation is 2. The van der Waals surface area contributed by atoms with Crippen LogP contribution in [0.3, 0.4) is 0 Å². The first-order valence-corrected chi connectivity index (χ1v) is 9.03. The van der Waals surface area contributed by atoms with Crippen LogP contribution in [0.4, 0.5) is 9.59 Å². The fourth-order valence-electron chi connectivity index (χ4n) is 2.68. The van der Waals surface area contributed by atoms with Crippen molar-refractivity contribution in [3.05, 3.63) is 23.3 Å². The minimum absolute atomic E-state index is 0.197. The van der Waals surface area contributed by atoms with Gasteiger partial charge in [-0.05, 0) is 51.0 Å². The zero-order chi connectivity index (χ0) is 20.8. The van der Waals surface area contributed by atoms with Crippen molar-refractivity contribution >= 4 is 23.0 Å². The molecule has 2 aromatic rings. The van der Waals surface area contributed by atoms with Crippen molar-refractivity contribution in [2.24, 2.45) is 0 Å². The standard InChI is InChI=1S/C20H26N2O6/c1-7-25-17-15(27-19(23)21-5)13-9-11(3)12(4)10-14(13)16(18(17)26-8-2)28-20(24)22-6/h9-10H,7-8H2,1-6H3,(H,21,23)(H,22,24). The molecule has 2 amide bonds. The Hall–Kier alpha value is -3.16. The Bertz CT molecular complexity index is 822. The lowest BCUT2D eigenvalue weighted by molar-refractivity contribution is 0.194. The monoisotopic (exact) mass is 390 g/mol. The highest BCUT2D eigenvalue weighted by atomic mass is 16.6. The minimum atomic E-state index is -0.650. The third-order valence-corrected chi connectivity index (χ3v) is 4.12. The molecule has 0 spiro atoms. The molecule has 152 valence electrons. The Kier molecular flexibility index (Phi) is 6.92. The number of ether oxygens (including phenoxy) is 4. The normalized spacial score (nSPS) is 10.4. The van der Waals surface area contributed by atoms with E-state index in [4.69, 9.17) is 18.9 Å². The van der Waals surface area contributed by atoms with Crippen LogP contribution < -0.4 is 29.6 Å². The van der Waals surface area contributed by atoms with Gasteiger partial charge in [-0.25, -0.2) is 9.59 Å². The Balaban J connectivity index is 2.95. The molecule has 0 aliphatic carbocycles. The number of nitrogens with one attached hydrogen (secondary N) is 2. The largest absolute Gasteiger partial charge is 0.487 e. The van der Waals surface area contributed by atoms with Gasteiger partial charge in [-0.3, -0.25) is 0 Å². The van der Waals surface area contributed by atoms with Gasteiger partial charge in [0.05, 0.1) is 13.2 Å². The molecule has 8 nitrogen and oxygen atoms in total. The van der Waals surface area contributed by atoms with Crippen molar-refractivity contribution in [1.29, 1.82) is 0 Å². The number of benzene rings is 2. The van der Waals surface area contributed by atoms with E-state index in [0.29, 0.717) is 24.0 Å². The molecule has 0 bridgehead atoms. The molecule has 28 heavy (non-hydrogen) atoms. The number of fused-ring (bicyclic) bond motifs is 1. The number of hydrogen-bond acceptors (Lipinski definition) is 6. The van der Waals surface area contributed by atoms with E-state index in [1.54, 1.807) is 13.8 Å². The number of rotatable bonds is 6. The van der Waals surface area contributed by atoms with Gasteiger partial charge < -0.3 is 29.6 Å². The predicted molar refractivity (Wildman–Crippen MR) is 106 cm³/mol. The summed E-state index contributed by atoms with van der Waals surface area (Å²) in [6, 6.07) is 3.72. The molecule has 0 heterocycles. The summed E-state index contributed by atoms with van der Waals surface area (Å²) in [6.45, 7) is 8.05. The fourth-order valence-corrected chi connectivity index (χ4v) is 2.68. The predicted octanol–water partition coefficient (Wildman–Crippen LogP) is 3.69. The van der Waals surface area contributed by atoms with E-state index in [-0.39, 0.29) is 23.0 Å². The third-order valence-electron chi connectivity index (χ3n) is 4.12. The van der Waals surface area contributed by atoms with Crippen LogP contribution in [0, 0.1) is 13.8 Å². The zero-order valence-electron chi connectivity index (χ0n) is 17.0. The first-order valence-electron chi connectivity index (χ1n) is 9.03. The summed E-state index contributed by atoms with van der Waals surface area (Å²) in [7, 11) is 2.93. The van der Waals surface area contributed by atoms with Crippen molar-refractivity contribution < 1.29 is 28.5 Å². The second-order valence-corrected chi connectivity index (χ2v) is 5.94. The highest BCUT2D eigenvalue weighted by Crippen LogP contribution is 2.52. The maximum Gasteiger partial charge on any atom is 0.412 e. The molecule has 0 aromatic heterocycles. The first kappa shape index (κ1) is 21.1. The Morgan fingerprint density at radius 1 is 0.750 bits per heavy atom. The number of carbonyl (C=O) groups excluding carboxylic acids is 2. The van der Waals surface area contributed by atoms with Crippen molar-refractivity contribution in [1.82, 2.24) is 10.6 Å². The van der Waals surface area contributed by atoms with E-state index in [9.17, 15) is 9.59 Å². The Labute approximate surface area is 164 Å². The Morgan fingerprint density at radius 3 is 1.39 bits per heavy atom. The molecule has 2 N–H and O–H groups in total. The quantitative estimate of drug-likeness (QED) is 0.781. The second kappa shape index (κ2) is 9.16. The summed E-state index contributed by atoms with van der Waals surface area (Å²) >= 11 is 0. The first-order chi connectivity index (χ1) is 13.4. The van der Waals surface area contributed by atoms with Crippen LogP contribution in [0.2, 0.25) is 0 Å². The zero-order valence-corrected chi connectivity index (χ0v) is 17.0. The third kappa shape index (κ3) is 4.21. The van der Waals surface area contributed by atoms with E-state index in [2.05, 4.69) is 10.6 Å². The maximum atomic E-state index is 12.0. The molecule has 0 saturated carbocycles. The van der Waals surface area contributed by atoms with Crippen LogP contribution >= 0.6 is 0 Å². The topological polar surface area (TPSA) is 95.1 Å². The SMILES string of the molecule is CCOc1c(OCC)c(OC(=O)NC)c2cc(C)c(C)cc2c1OC(=O)NC. The van der Waals surface area contributed by atoms with Crippen molar-refractivity contribution in [2.45, 2.75) is 27.7 Å². The molecule has 0 aliphatic rings. The van der Waals surface area contributed by atoms with Gasteiger partial charge in [0, 0.05) is 24.9 Å². The van der Waals surface area contributed by atoms with E-state index in [0.717, 1.165) is 11.1 Å². The average Bonchev–Trinajstić information content (AvgIpc) is 2.68. The summed E-state index contributed by atoms with van der Waals surface area (Å²) in [4.78, 5) is 24.0. The summed E-state index contributed by atoms with van der Waals surface area (Å²) in [6.07, 6.45) is -1.30. The van der Waals surface area contributed by atoms with Crippen molar-refractivity contribution in [3.63, 3.8) is 0 Å². The van der Waals surface area contributed by atoms with Gasteiger partial charge in [-0.2, -0.15) is 0 Å². The minimum Gasteiger partial charge on any atom is -0.487 e. The lowest BCUT2D eigenvalue weighted by Gasteiger charge is -2.21. The molecule has 0 radical (unpaired) electrons. The average molecular weight is 390 g/mol. The summed E-state index contributed by atoms with van der Waals surface area (Å²) in [5.74, 6) is 0.796. The van der Waals surface area contributed by atoms with Crippen LogP contribution in [-0.2, 0) is 0 Å². The second-order valence-electron chi connectivity index (χ2n) is 5.94. The molecule has 0 fully saturated rings. The number of carbonyl (C=O) groups is 2. The Morgan fingerprint density at radius 2 is 1.11 bits per heavy atom. The molecule has 0 unspecified atom stereocenters. The van der Waals surface area contributed by atoms with Gasteiger partial charge in [0.25, 0.3) is 0 Å². The molecule has 2 aromatic carbocycles. The molecule has 8 heteroatoms. The van der Waals surface area contributed by atoms with E-state index in [1.165, 1.54) is 14.1 Å². The summed E-state index contributed by atoms with van der Waals surface area (Å²) in [5.41, 5.74) is 1.96. The van der Waals surface area contributed by atoms with Gasteiger partial charge in [0.2, 0.25) is 11.5 Å². The summed E-state index contributed by atoms with van der Waals surface area (Å²) in [5, 5.41) is 5.99. The molecule has 2 rings (SSSR count). The fraction of sp³-hybridized carbons (Fsp3) is 0.400. The van der Waals surface area contributed by atoms with Crippen LogP contribution in [0.25, 0.3) is 10.8 Å². The maximum absolute atomic E-state index is 12.0. The van der Waals surface area contributed by atoms with Crippen molar-refractivity contribution in [3.8, 4) is 23.0 Å². The van der Waals surface area contributed by atoms with Gasteiger partial charge in [-0.15, -0.1) is 0 Å².